The van der Waals surface area contributed by atoms with Crippen LogP contribution in [0.15, 0.2) is 83.3 Å². The first kappa shape index (κ1) is 25.3. The van der Waals surface area contributed by atoms with Crippen LogP contribution < -0.4 is 0 Å². The maximum absolute atomic E-state index is 14.3. The molecule has 37 heavy (non-hydrogen) atoms. The third kappa shape index (κ3) is 5.65. The number of allylic oxidation sites excluding steroid dienone is 2. The fourth-order valence-corrected chi connectivity index (χ4v) is 5.68. The number of carbonyl (C=O) groups excluding carboxylic acids is 1. The summed E-state index contributed by atoms with van der Waals surface area (Å²) in [6.07, 6.45) is 3.98. The highest BCUT2D eigenvalue weighted by Crippen LogP contribution is 2.44. The summed E-state index contributed by atoms with van der Waals surface area (Å²) in [5.74, 6) is -0.220. The first-order valence-corrected chi connectivity index (χ1v) is 14.1. The first-order valence-electron chi connectivity index (χ1n) is 12.6. The van der Waals surface area contributed by atoms with Gasteiger partial charge in [-0.15, -0.1) is 0 Å². The van der Waals surface area contributed by atoms with Crippen LogP contribution in [0.5, 0.6) is 0 Å². The monoisotopic (exact) mass is 514 g/mol. The Morgan fingerprint density at radius 1 is 0.946 bits per heavy atom. The molecule has 0 N–H and O–H groups in total. The maximum atomic E-state index is 14.3. The minimum Gasteiger partial charge on any atom is -0.340 e. The highest BCUT2D eigenvalue weighted by Gasteiger charge is 2.28. The van der Waals surface area contributed by atoms with Crippen LogP contribution in [0.3, 0.4) is 0 Å². The quantitative estimate of drug-likeness (QED) is 0.428. The van der Waals surface area contributed by atoms with Crippen LogP contribution in [0.25, 0.3) is 17.2 Å². The predicted molar refractivity (Wildman–Crippen MR) is 149 cm³/mol. The highest BCUT2D eigenvalue weighted by molar-refractivity contribution is 7.84. The lowest BCUT2D eigenvalue weighted by molar-refractivity contribution is -0.131. The number of hydrogen-bond acceptors (Lipinski definition) is 3. The number of carbonyl (C=O) groups is 1. The molecular weight excluding hydrogens is 483 g/mol. The van der Waals surface area contributed by atoms with Crippen molar-refractivity contribution in [2.45, 2.75) is 24.8 Å². The van der Waals surface area contributed by atoms with Gasteiger partial charge in [-0.1, -0.05) is 48.5 Å². The van der Waals surface area contributed by atoms with Gasteiger partial charge >= 0.3 is 0 Å². The molecule has 1 unspecified atom stereocenters. The van der Waals surface area contributed by atoms with Crippen molar-refractivity contribution in [1.82, 2.24) is 9.80 Å². The molecule has 0 saturated carbocycles. The number of piperazine rings is 1. The Morgan fingerprint density at radius 3 is 2.32 bits per heavy atom. The Morgan fingerprint density at radius 2 is 1.65 bits per heavy atom. The van der Waals surface area contributed by atoms with Crippen LogP contribution >= 0.6 is 0 Å². The summed E-state index contributed by atoms with van der Waals surface area (Å²) in [5.41, 5.74) is 6.88. The summed E-state index contributed by atoms with van der Waals surface area (Å²) in [6.45, 7) is 5.98. The molecule has 190 valence electrons. The normalized spacial score (nSPS) is 17.8. The van der Waals surface area contributed by atoms with Gasteiger partial charge in [-0.3, -0.25) is 13.9 Å². The zero-order valence-corrected chi connectivity index (χ0v) is 22.1. The van der Waals surface area contributed by atoms with Crippen molar-refractivity contribution in [3.8, 4) is 0 Å². The molecular formula is C31H31FN2O2S. The first-order chi connectivity index (χ1) is 17.9. The minimum absolute atomic E-state index is 0.0833. The Kier molecular flexibility index (Phi) is 7.49. The molecule has 0 aromatic heterocycles. The molecule has 1 atom stereocenters. The molecule has 5 rings (SSSR count). The average Bonchev–Trinajstić information content (AvgIpc) is 3.15. The van der Waals surface area contributed by atoms with Gasteiger partial charge < -0.3 is 4.90 Å². The van der Waals surface area contributed by atoms with E-state index in [1.165, 1.54) is 11.6 Å². The fourth-order valence-electron chi connectivity index (χ4n) is 5.16. The summed E-state index contributed by atoms with van der Waals surface area (Å²) in [7, 11) is -1.03. The van der Waals surface area contributed by atoms with Crippen LogP contribution in [0.2, 0.25) is 0 Å². The SMILES string of the molecule is CC1=C(CC(=O)N2CCN(Cc3ccccc3)CC2)c2cc(F)ccc2/C1=C/c1ccc(S(C)=O)cc1. The lowest BCUT2D eigenvalue weighted by atomic mass is 10.0. The second-order valence-corrected chi connectivity index (χ2v) is 11.1. The lowest BCUT2D eigenvalue weighted by Gasteiger charge is -2.35. The Labute approximate surface area is 220 Å². The van der Waals surface area contributed by atoms with Crippen molar-refractivity contribution in [2.75, 3.05) is 32.4 Å². The number of hydrogen-bond donors (Lipinski definition) is 0. The second kappa shape index (κ2) is 11.0. The molecule has 1 aliphatic carbocycles. The standard InChI is InChI=1S/C31H31FN2O2S/c1-22-28(18-23-8-11-26(12-9-23)37(2)36)27-13-10-25(32)19-30(27)29(22)20-31(35)34-16-14-33(15-17-34)21-24-6-4-3-5-7-24/h3-13,18-19H,14-17,20-21H2,1-2H3/b28-18+. The largest absolute Gasteiger partial charge is 0.340 e. The maximum Gasteiger partial charge on any atom is 0.227 e. The van der Waals surface area contributed by atoms with Crippen LogP contribution in [0, 0.1) is 5.82 Å². The zero-order chi connectivity index (χ0) is 25.9. The van der Waals surface area contributed by atoms with E-state index in [-0.39, 0.29) is 18.1 Å². The third-order valence-corrected chi connectivity index (χ3v) is 8.21. The third-order valence-electron chi connectivity index (χ3n) is 7.28. The van der Waals surface area contributed by atoms with E-state index in [1.807, 2.05) is 42.2 Å². The van der Waals surface area contributed by atoms with Gasteiger partial charge in [0, 0.05) is 54.7 Å². The average molecular weight is 515 g/mol. The van der Waals surface area contributed by atoms with Crippen molar-refractivity contribution in [3.63, 3.8) is 0 Å². The molecule has 3 aromatic rings. The molecule has 1 fully saturated rings. The van der Waals surface area contributed by atoms with E-state index >= 15 is 0 Å². The van der Waals surface area contributed by atoms with Crippen molar-refractivity contribution in [3.05, 3.63) is 106 Å². The summed E-state index contributed by atoms with van der Waals surface area (Å²) < 4.78 is 26.0. The van der Waals surface area contributed by atoms with E-state index in [1.54, 1.807) is 18.4 Å². The molecule has 2 aliphatic rings. The van der Waals surface area contributed by atoms with Crippen molar-refractivity contribution >= 4 is 33.9 Å². The Hall–Kier alpha value is -3.35. The Bertz CT molecular complexity index is 1390. The molecule has 1 saturated heterocycles. The van der Waals surface area contributed by atoms with E-state index < -0.39 is 10.8 Å². The fraction of sp³-hybridized carbons (Fsp3) is 0.258. The molecule has 1 aliphatic heterocycles. The highest BCUT2D eigenvalue weighted by atomic mass is 32.2. The molecule has 0 spiro atoms. The van der Waals surface area contributed by atoms with Gasteiger partial charge in [0.25, 0.3) is 0 Å². The van der Waals surface area contributed by atoms with Gasteiger partial charge in [0.2, 0.25) is 5.91 Å². The molecule has 1 heterocycles. The number of fused-ring (bicyclic) bond motifs is 1. The molecule has 1 amide bonds. The second-order valence-electron chi connectivity index (χ2n) is 9.69. The van der Waals surface area contributed by atoms with Crippen molar-refractivity contribution in [2.24, 2.45) is 0 Å². The van der Waals surface area contributed by atoms with Crippen molar-refractivity contribution in [1.29, 1.82) is 0 Å². The van der Waals surface area contributed by atoms with Crippen LogP contribution in [0.1, 0.15) is 35.6 Å². The van der Waals surface area contributed by atoms with Gasteiger partial charge in [-0.2, -0.15) is 0 Å². The van der Waals surface area contributed by atoms with E-state index in [9.17, 15) is 13.4 Å². The number of nitrogens with zero attached hydrogens (tertiary/aromatic N) is 2. The number of rotatable bonds is 6. The number of halogens is 1. The van der Waals surface area contributed by atoms with Gasteiger partial charge in [0.15, 0.2) is 0 Å². The predicted octanol–water partition coefficient (Wildman–Crippen LogP) is 5.63. The molecule has 3 aromatic carbocycles. The van der Waals surface area contributed by atoms with Gasteiger partial charge in [-0.05, 0) is 76.2 Å². The van der Waals surface area contributed by atoms with E-state index in [0.29, 0.717) is 13.1 Å². The smallest absolute Gasteiger partial charge is 0.227 e. The van der Waals surface area contributed by atoms with Gasteiger partial charge in [0.05, 0.1) is 6.42 Å². The van der Waals surface area contributed by atoms with E-state index in [4.69, 9.17) is 0 Å². The van der Waals surface area contributed by atoms with E-state index in [0.717, 1.165) is 57.9 Å². The summed E-state index contributed by atoms with van der Waals surface area (Å²) in [6, 6.07) is 22.8. The van der Waals surface area contributed by atoms with Crippen molar-refractivity contribution < 1.29 is 13.4 Å². The van der Waals surface area contributed by atoms with Gasteiger partial charge in [0.1, 0.15) is 5.82 Å². The zero-order valence-electron chi connectivity index (χ0n) is 21.2. The van der Waals surface area contributed by atoms with Crippen LogP contribution in [-0.2, 0) is 22.1 Å². The molecule has 6 heteroatoms. The van der Waals surface area contributed by atoms with Gasteiger partial charge in [-0.25, -0.2) is 4.39 Å². The summed E-state index contributed by atoms with van der Waals surface area (Å²) >= 11 is 0. The Balaban J connectivity index is 1.33. The molecule has 4 nitrogen and oxygen atoms in total. The molecule has 0 radical (unpaired) electrons. The van der Waals surface area contributed by atoms with Crippen LogP contribution in [0.4, 0.5) is 4.39 Å². The number of benzene rings is 3. The lowest BCUT2D eigenvalue weighted by Crippen LogP contribution is -2.48. The molecule has 0 bridgehead atoms. The summed E-state index contributed by atoms with van der Waals surface area (Å²) in [4.78, 5) is 18.4. The van der Waals surface area contributed by atoms with Crippen LogP contribution in [-0.4, -0.2) is 52.4 Å². The van der Waals surface area contributed by atoms with E-state index in [2.05, 4.69) is 35.2 Å². The topological polar surface area (TPSA) is 40.6 Å². The minimum atomic E-state index is -1.03. The number of amides is 1. The summed E-state index contributed by atoms with van der Waals surface area (Å²) in [5, 5.41) is 0.